The smallest absolute Gasteiger partial charge is 0.407 e. The molecule has 2 aliphatic rings. The molecule has 2 fully saturated rings. The summed E-state index contributed by atoms with van der Waals surface area (Å²) >= 11 is 0. The van der Waals surface area contributed by atoms with E-state index < -0.39 is 41.0 Å². The Labute approximate surface area is 451 Å². The molecule has 0 aromatic heterocycles. The number of hydrogen-bond acceptors (Lipinski definition) is 10. The summed E-state index contributed by atoms with van der Waals surface area (Å²) < 4.78 is 10.6. The van der Waals surface area contributed by atoms with Gasteiger partial charge in [-0.25, -0.2) is 9.59 Å². The van der Waals surface area contributed by atoms with Gasteiger partial charge in [0.1, 0.15) is 11.2 Å². The molecule has 16 nitrogen and oxygen atoms in total. The lowest BCUT2D eigenvalue weighted by Crippen LogP contribution is -2.44. The molecule has 414 valence electrons. The summed E-state index contributed by atoms with van der Waals surface area (Å²) in [7, 11) is 0. The molecule has 4 aromatic carbocycles. The van der Waals surface area contributed by atoms with Gasteiger partial charge in [-0.2, -0.15) is 0 Å². The number of piperidine rings is 2. The minimum atomic E-state index is -1.60. The number of carbonyl (C=O) groups excluding carboxylic acids is 6. The van der Waals surface area contributed by atoms with Crippen molar-refractivity contribution in [2.75, 3.05) is 36.8 Å². The number of aliphatic hydroxyl groups excluding tert-OH is 1. The van der Waals surface area contributed by atoms with Gasteiger partial charge in [-0.3, -0.25) is 19.2 Å². The molecule has 6 amide bonds. The fraction of sp³-hybridized carbons (Fsp3) is 0.467. The van der Waals surface area contributed by atoms with Gasteiger partial charge in [-0.05, 0) is 165 Å². The highest BCUT2D eigenvalue weighted by Crippen LogP contribution is 2.31. The Kier molecular flexibility index (Phi) is 23.5. The quantitative estimate of drug-likeness (QED) is 0.0697. The van der Waals surface area contributed by atoms with E-state index in [1.165, 1.54) is 31.1 Å². The topological polar surface area (TPSA) is 216 Å². The van der Waals surface area contributed by atoms with E-state index in [4.69, 9.17) is 9.47 Å². The van der Waals surface area contributed by atoms with E-state index in [9.17, 15) is 39.0 Å². The first-order valence-corrected chi connectivity index (χ1v) is 25.3. The summed E-state index contributed by atoms with van der Waals surface area (Å²) in [5.41, 5.74) is 4.63. The molecule has 2 saturated heterocycles. The van der Waals surface area contributed by atoms with Gasteiger partial charge in [0.05, 0.1) is 5.60 Å². The Morgan fingerprint density at radius 2 is 0.974 bits per heavy atom. The summed E-state index contributed by atoms with van der Waals surface area (Å²) in [6.45, 7) is 20.7. The van der Waals surface area contributed by atoms with Crippen molar-refractivity contribution >= 4 is 47.2 Å². The number of allylic oxidation sites excluding steroid dienone is 1. The Hall–Kier alpha value is -7.04. The minimum Gasteiger partial charge on any atom is -0.444 e. The van der Waals surface area contributed by atoms with Gasteiger partial charge in [-0.1, -0.05) is 81.1 Å². The lowest BCUT2D eigenvalue weighted by molar-refractivity contribution is -0.136. The fourth-order valence-electron chi connectivity index (χ4n) is 8.52. The van der Waals surface area contributed by atoms with Gasteiger partial charge in [0.25, 0.3) is 17.7 Å². The van der Waals surface area contributed by atoms with Gasteiger partial charge in [0.15, 0.2) is 6.10 Å². The second-order valence-electron chi connectivity index (χ2n) is 21.8. The van der Waals surface area contributed by atoms with Crippen LogP contribution in [-0.2, 0) is 32.2 Å². The second-order valence-corrected chi connectivity index (χ2v) is 21.8. The average Bonchev–Trinajstić information content (AvgIpc) is 3.33. The van der Waals surface area contributed by atoms with Gasteiger partial charge < -0.3 is 50.8 Å². The van der Waals surface area contributed by atoms with Crippen molar-refractivity contribution in [1.29, 1.82) is 0 Å². The number of nitrogens with one attached hydrogen (secondary N) is 4. The largest absolute Gasteiger partial charge is 0.444 e. The zero-order valence-electron chi connectivity index (χ0n) is 44.7. The van der Waals surface area contributed by atoms with Crippen molar-refractivity contribution in [1.82, 2.24) is 20.4 Å². The van der Waals surface area contributed by atoms with Gasteiger partial charge >= 0.3 is 12.2 Å². The molecular formula is C60H84N6O10. The number of benzene rings is 4. The Morgan fingerprint density at radius 3 is 1.34 bits per heavy atom. The van der Waals surface area contributed by atoms with E-state index >= 15 is 0 Å². The molecule has 2 heterocycles. The van der Waals surface area contributed by atoms with Crippen molar-refractivity contribution in [3.05, 3.63) is 142 Å². The summed E-state index contributed by atoms with van der Waals surface area (Å²) in [4.78, 5) is 78.1. The zero-order valence-corrected chi connectivity index (χ0v) is 44.7. The zero-order chi connectivity index (χ0) is 54.4. The first-order valence-electron chi connectivity index (χ1n) is 25.3. The fourth-order valence-corrected chi connectivity index (χ4v) is 8.52. The molecule has 16 heteroatoms. The molecule has 0 aliphatic carbocycles. The number of alkyl carbamates (subject to hydrolysis) is 2. The van der Waals surface area contributed by atoms with Gasteiger partial charge in [0, 0.05) is 67.8 Å². The van der Waals surface area contributed by atoms with Gasteiger partial charge in [0.2, 0.25) is 5.91 Å². The molecular weight excluding hydrogens is 965 g/mol. The van der Waals surface area contributed by atoms with E-state index in [1.807, 2.05) is 84.6 Å². The van der Waals surface area contributed by atoms with Crippen LogP contribution in [0.25, 0.3) is 0 Å². The summed E-state index contributed by atoms with van der Waals surface area (Å²) in [6, 6.07) is 30.0. The first kappa shape index (κ1) is 63.3. The van der Waals surface area contributed by atoms with Crippen LogP contribution in [0.3, 0.4) is 0 Å². The third-order valence-electron chi connectivity index (χ3n) is 12.2. The number of aliphatic hydroxyl groups is 2. The summed E-state index contributed by atoms with van der Waals surface area (Å²) in [5, 5.41) is 30.8. The van der Waals surface area contributed by atoms with Crippen LogP contribution in [0.2, 0.25) is 0 Å². The van der Waals surface area contributed by atoms with E-state index in [0.717, 1.165) is 42.4 Å². The van der Waals surface area contributed by atoms with Gasteiger partial charge in [-0.15, -0.1) is 0 Å². The highest BCUT2D eigenvalue weighted by Gasteiger charge is 2.32. The molecule has 0 radical (unpaired) electrons. The van der Waals surface area contributed by atoms with Crippen LogP contribution in [0.5, 0.6) is 0 Å². The minimum absolute atomic E-state index is 0. The Balaban J connectivity index is 0.000000391. The number of likely N-dealkylation sites (tertiary alicyclic amines) is 2. The molecule has 1 unspecified atom stereocenters. The van der Waals surface area contributed by atoms with E-state index in [0.29, 0.717) is 73.6 Å². The molecule has 2 aliphatic heterocycles. The molecule has 6 rings (SSSR count). The van der Waals surface area contributed by atoms with Crippen molar-refractivity contribution in [2.24, 2.45) is 0 Å². The van der Waals surface area contributed by atoms with Crippen molar-refractivity contribution in [2.45, 2.75) is 158 Å². The van der Waals surface area contributed by atoms with Crippen molar-refractivity contribution < 1.29 is 48.5 Å². The standard InChI is InChI=1S/C29H39N3O6.C29H37N3O4.2CH4/c1-28(2,3)38-27(36)30-18-19-8-6-9-21(16-19)20-12-14-32(15-13-20)26(35)22-10-7-11-23(17-22)31-25(34)24(33)29(4,5)37;1-20(2)16-26(33)31-25-11-7-10-24(18-25)27(34)32-14-12-22(13-15-32)23-9-6-8-21(17-23)19-30-28(35)36-29(3,4)5;;/h6-11,16-17,20,24,33,37H,12-15,18H2,1-5H3,(H,30,36)(H,31,34);6-11,16-18,22H,12-15,19H2,1-5H3,(H,30,35)(H,31,33);2*1H4. The summed E-state index contributed by atoms with van der Waals surface area (Å²) in [5.74, 6) is -0.449. The molecule has 76 heavy (non-hydrogen) atoms. The maximum Gasteiger partial charge on any atom is 0.407 e. The molecule has 0 bridgehead atoms. The Morgan fingerprint density at radius 1 is 0.592 bits per heavy atom. The number of amides is 6. The predicted octanol–water partition coefficient (Wildman–Crippen LogP) is 10.7. The average molecular weight is 1050 g/mol. The number of rotatable bonds is 13. The highest BCUT2D eigenvalue weighted by molar-refractivity contribution is 6.01. The number of nitrogens with zero attached hydrogens (tertiary/aromatic N) is 2. The molecule has 6 N–H and O–H groups in total. The van der Waals surface area contributed by atoms with Crippen LogP contribution < -0.4 is 21.3 Å². The van der Waals surface area contributed by atoms with Crippen LogP contribution in [0.1, 0.15) is 165 Å². The molecule has 0 saturated carbocycles. The van der Waals surface area contributed by atoms with Crippen LogP contribution >= 0.6 is 0 Å². The maximum absolute atomic E-state index is 13.1. The lowest BCUT2D eigenvalue weighted by atomic mass is 9.88. The molecule has 0 spiro atoms. The van der Waals surface area contributed by atoms with Crippen molar-refractivity contribution in [3.63, 3.8) is 0 Å². The van der Waals surface area contributed by atoms with Crippen LogP contribution in [0.15, 0.2) is 109 Å². The van der Waals surface area contributed by atoms with E-state index in [-0.39, 0.29) is 32.6 Å². The first-order chi connectivity index (χ1) is 34.7. The number of hydrogen-bond donors (Lipinski definition) is 6. The second kappa shape index (κ2) is 28.2. The molecule has 4 aromatic rings. The molecule has 1 atom stereocenters. The van der Waals surface area contributed by atoms with Crippen molar-refractivity contribution in [3.8, 4) is 0 Å². The number of carbonyl (C=O) groups is 6. The van der Waals surface area contributed by atoms with E-state index in [1.54, 1.807) is 53.4 Å². The lowest BCUT2D eigenvalue weighted by Gasteiger charge is -2.32. The normalized spacial score (nSPS) is 14.4. The predicted molar refractivity (Wildman–Crippen MR) is 300 cm³/mol. The number of ether oxygens (including phenoxy) is 2. The Bertz CT molecular complexity index is 2630. The number of anilines is 2. The van der Waals surface area contributed by atoms with Crippen LogP contribution in [0, 0.1) is 0 Å². The third-order valence-corrected chi connectivity index (χ3v) is 12.2. The third kappa shape index (κ3) is 20.6. The highest BCUT2D eigenvalue weighted by atomic mass is 16.6. The monoisotopic (exact) mass is 1050 g/mol. The summed E-state index contributed by atoms with van der Waals surface area (Å²) in [6.07, 6.45) is 2.39. The van der Waals surface area contributed by atoms with E-state index in [2.05, 4.69) is 45.5 Å². The van der Waals surface area contributed by atoms with Crippen LogP contribution in [-0.4, -0.2) is 105 Å². The van der Waals surface area contributed by atoms with Crippen LogP contribution in [0.4, 0.5) is 21.0 Å². The SMILES string of the molecule is C.C.CC(C)(C)OC(=O)NCc1cccc(C2CCN(C(=O)c3cccc(NC(=O)C(O)C(C)(C)O)c3)CC2)c1.CC(C)=CC(=O)Nc1cccc(C(=O)N2CCC(c3cccc(CNC(=O)OC(C)(C)C)c3)CC2)c1. The maximum atomic E-state index is 13.1.